The largest absolute Gasteiger partial charge is 0.491 e. The Kier molecular flexibility index (Phi) is 4.33. The quantitative estimate of drug-likeness (QED) is 0.729. The van der Waals surface area contributed by atoms with Crippen LogP contribution in [0.25, 0.3) is 11.4 Å². The third kappa shape index (κ3) is 3.39. The van der Waals surface area contributed by atoms with Gasteiger partial charge in [-0.3, -0.25) is 9.78 Å². The normalized spacial score (nSPS) is 16.5. The number of aliphatic hydroxyl groups is 1. The van der Waals surface area contributed by atoms with Crippen molar-refractivity contribution in [3.05, 3.63) is 59.2 Å². The SMILES string of the molecule is Cc1nc(-c2ccc3c(c2)OC[C@H]3NC(=O)c2ccnc(C(C)O)c2)no1. The van der Waals surface area contributed by atoms with Crippen LogP contribution in [-0.2, 0) is 0 Å². The minimum atomic E-state index is -0.736. The van der Waals surface area contributed by atoms with Gasteiger partial charge < -0.3 is 19.7 Å². The zero-order chi connectivity index (χ0) is 19.0. The molecule has 2 atom stereocenters. The van der Waals surface area contributed by atoms with E-state index in [4.69, 9.17) is 9.26 Å². The van der Waals surface area contributed by atoms with Crippen molar-refractivity contribution < 1.29 is 19.2 Å². The number of nitrogens with zero attached hydrogens (tertiary/aromatic N) is 3. The monoisotopic (exact) mass is 366 g/mol. The second-order valence-electron chi connectivity index (χ2n) is 6.37. The Morgan fingerprint density at radius 3 is 2.93 bits per heavy atom. The molecule has 1 aromatic carbocycles. The van der Waals surface area contributed by atoms with Crippen LogP contribution in [0.1, 0.15) is 46.6 Å². The molecule has 1 amide bonds. The predicted octanol–water partition coefficient (Wildman–Crippen LogP) is 2.36. The molecule has 0 saturated carbocycles. The fourth-order valence-electron chi connectivity index (χ4n) is 2.94. The summed E-state index contributed by atoms with van der Waals surface area (Å²) in [5.74, 6) is 1.41. The summed E-state index contributed by atoms with van der Waals surface area (Å²) in [6.45, 7) is 3.67. The fourth-order valence-corrected chi connectivity index (χ4v) is 2.94. The van der Waals surface area contributed by atoms with Crippen LogP contribution in [0.5, 0.6) is 5.75 Å². The number of hydrogen-bond donors (Lipinski definition) is 2. The lowest BCUT2D eigenvalue weighted by Gasteiger charge is -2.13. The highest BCUT2D eigenvalue weighted by Gasteiger charge is 2.27. The van der Waals surface area contributed by atoms with Gasteiger partial charge in [-0.1, -0.05) is 17.3 Å². The first-order valence-corrected chi connectivity index (χ1v) is 8.53. The van der Waals surface area contributed by atoms with E-state index >= 15 is 0 Å². The number of ether oxygens (including phenoxy) is 1. The summed E-state index contributed by atoms with van der Waals surface area (Å²) in [6, 6.07) is 8.52. The highest BCUT2D eigenvalue weighted by atomic mass is 16.5. The van der Waals surface area contributed by atoms with Crippen molar-refractivity contribution in [3.63, 3.8) is 0 Å². The summed E-state index contributed by atoms with van der Waals surface area (Å²) in [4.78, 5) is 20.8. The van der Waals surface area contributed by atoms with Crippen LogP contribution >= 0.6 is 0 Å². The minimum Gasteiger partial charge on any atom is -0.491 e. The molecule has 27 heavy (non-hydrogen) atoms. The molecule has 0 spiro atoms. The van der Waals surface area contributed by atoms with Gasteiger partial charge in [0, 0.05) is 29.8 Å². The van der Waals surface area contributed by atoms with Crippen molar-refractivity contribution in [3.8, 4) is 17.1 Å². The topological polar surface area (TPSA) is 110 Å². The zero-order valence-electron chi connectivity index (χ0n) is 14.8. The Labute approximate surface area is 155 Å². The first-order chi connectivity index (χ1) is 13.0. The highest BCUT2D eigenvalue weighted by molar-refractivity contribution is 5.94. The van der Waals surface area contributed by atoms with Crippen LogP contribution in [0.3, 0.4) is 0 Å². The Hall–Kier alpha value is -3.26. The average molecular weight is 366 g/mol. The van der Waals surface area contributed by atoms with E-state index < -0.39 is 6.10 Å². The molecule has 138 valence electrons. The van der Waals surface area contributed by atoms with E-state index in [1.54, 1.807) is 26.0 Å². The van der Waals surface area contributed by atoms with Crippen LogP contribution in [0.4, 0.5) is 0 Å². The van der Waals surface area contributed by atoms with Gasteiger partial charge in [-0.15, -0.1) is 0 Å². The first kappa shape index (κ1) is 17.2. The fraction of sp³-hybridized carbons (Fsp3) is 0.263. The molecular weight excluding hydrogens is 348 g/mol. The molecule has 0 saturated heterocycles. The standard InChI is InChI=1S/C19H18N4O4/c1-10(24)15-7-13(5-6-20-15)19(25)22-16-9-26-17-8-12(3-4-14(16)17)18-21-11(2)27-23-18/h3-8,10,16,24H,9H2,1-2H3,(H,22,25)/t10?,16-/m1/s1. The second-order valence-corrected chi connectivity index (χ2v) is 6.37. The molecule has 1 unspecified atom stereocenters. The molecule has 3 heterocycles. The van der Waals surface area contributed by atoms with Gasteiger partial charge in [0.25, 0.3) is 5.91 Å². The molecule has 2 N–H and O–H groups in total. The second kappa shape index (κ2) is 6.81. The Bertz CT molecular complexity index is 999. The number of aryl methyl sites for hydroxylation is 1. The lowest BCUT2D eigenvalue weighted by atomic mass is 10.0. The number of hydrogen-bond acceptors (Lipinski definition) is 7. The number of carbonyl (C=O) groups excluding carboxylic acids is 1. The number of aromatic nitrogens is 3. The van der Waals surface area contributed by atoms with Crippen LogP contribution in [0, 0.1) is 6.92 Å². The number of carbonyl (C=O) groups is 1. The molecule has 0 radical (unpaired) electrons. The van der Waals surface area contributed by atoms with E-state index in [1.165, 1.54) is 6.20 Å². The van der Waals surface area contributed by atoms with Gasteiger partial charge in [0.15, 0.2) is 0 Å². The molecule has 1 aliphatic rings. The van der Waals surface area contributed by atoms with Gasteiger partial charge in [-0.2, -0.15) is 4.98 Å². The third-order valence-corrected chi connectivity index (χ3v) is 4.36. The van der Waals surface area contributed by atoms with Crippen molar-refractivity contribution in [1.29, 1.82) is 0 Å². The number of rotatable bonds is 4. The molecule has 0 bridgehead atoms. The van der Waals surface area contributed by atoms with Crippen LogP contribution < -0.4 is 10.1 Å². The number of benzene rings is 1. The maximum Gasteiger partial charge on any atom is 0.252 e. The zero-order valence-corrected chi connectivity index (χ0v) is 14.8. The number of fused-ring (bicyclic) bond motifs is 1. The van der Waals surface area contributed by atoms with E-state index in [0.29, 0.717) is 35.3 Å². The van der Waals surface area contributed by atoms with Gasteiger partial charge in [0.2, 0.25) is 11.7 Å². The summed E-state index contributed by atoms with van der Waals surface area (Å²) in [7, 11) is 0. The molecule has 0 aliphatic carbocycles. The summed E-state index contributed by atoms with van der Waals surface area (Å²) < 4.78 is 10.7. The van der Waals surface area contributed by atoms with Crippen molar-refractivity contribution in [2.75, 3.05) is 6.61 Å². The number of aliphatic hydroxyl groups excluding tert-OH is 1. The molecule has 8 nitrogen and oxygen atoms in total. The number of amides is 1. The molecular formula is C19H18N4O4. The lowest BCUT2D eigenvalue weighted by Crippen LogP contribution is -2.29. The lowest BCUT2D eigenvalue weighted by molar-refractivity contribution is 0.0930. The van der Waals surface area contributed by atoms with Gasteiger partial charge in [0.05, 0.1) is 17.8 Å². The van der Waals surface area contributed by atoms with E-state index in [0.717, 1.165) is 11.1 Å². The first-order valence-electron chi connectivity index (χ1n) is 8.53. The molecule has 3 aromatic rings. The van der Waals surface area contributed by atoms with Crippen LogP contribution in [-0.4, -0.2) is 32.7 Å². The van der Waals surface area contributed by atoms with Crippen LogP contribution in [0.2, 0.25) is 0 Å². The van der Waals surface area contributed by atoms with Crippen LogP contribution in [0.15, 0.2) is 41.1 Å². The Morgan fingerprint density at radius 2 is 2.19 bits per heavy atom. The Morgan fingerprint density at radius 1 is 1.33 bits per heavy atom. The van der Waals surface area contributed by atoms with Crippen molar-refractivity contribution >= 4 is 5.91 Å². The van der Waals surface area contributed by atoms with Crippen molar-refractivity contribution in [2.24, 2.45) is 0 Å². The maximum absolute atomic E-state index is 12.6. The predicted molar refractivity (Wildman–Crippen MR) is 95.0 cm³/mol. The van der Waals surface area contributed by atoms with E-state index in [9.17, 15) is 9.90 Å². The average Bonchev–Trinajstić information content (AvgIpc) is 3.28. The number of nitrogens with one attached hydrogen (secondary N) is 1. The molecule has 8 heteroatoms. The minimum absolute atomic E-state index is 0.251. The van der Waals surface area contributed by atoms with E-state index in [2.05, 4.69) is 20.4 Å². The highest BCUT2D eigenvalue weighted by Crippen LogP contribution is 2.35. The Balaban J connectivity index is 1.53. The summed E-state index contributed by atoms with van der Waals surface area (Å²) in [5, 5.41) is 16.5. The molecule has 4 rings (SSSR count). The maximum atomic E-state index is 12.6. The smallest absolute Gasteiger partial charge is 0.252 e. The van der Waals surface area contributed by atoms with Crippen molar-refractivity contribution in [1.82, 2.24) is 20.4 Å². The van der Waals surface area contributed by atoms with Gasteiger partial charge >= 0.3 is 0 Å². The molecule has 0 fully saturated rings. The van der Waals surface area contributed by atoms with Crippen molar-refractivity contribution in [2.45, 2.75) is 26.0 Å². The number of pyridine rings is 1. The third-order valence-electron chi connectivity index (χ3n) is 4.36. The van der Waals surface area contributed by atoms with E-state index in [-0.39, 0.29) is 11.9 Å². The summed E-state index contributed by atoms with van der Waals surface area (Å²) >= 11 is 0. The van der Waals surface area contributed by atoms with Gasteiger partial charge in [-0.25, -0.2) is 0 Å². The van der Waals surface area contributed by atoms with E-state index in [1.807, 2.05) is 18.2 Å². The molecule has 2 aromatic heterocycles. The summed E-state index contributed by atoms with van der Waals surface area (Å²) in [5.41, 5.74) is 2.56. The summed E-state index contributed by atoms with van der Waals surface area (Å²) in [6.07, 6.45) is 0.774. The van der Waals surface area contributed by atoms with Gasteiger partial charge in [-0.05, 0) is 25.1 Å². The van der Waals surface area contributed by atoms with Gasteiger partial charge in [0.1, 0.15) is 12.4 Å². The molecule has 1 aliphatic heterocycles.